The Kier molecular flexibility index (Phi) is 5.52. The van der Waals surface area contributed by atoms with E-state index in [0.29, 0.717) is 43.2 Å². The second-order valence-corrected chi connectivity index (χ2v) is 5.23. The van der Waals surface area contributed by atoms with Crippen molar-refractivity contribution < 1.29 is 22.6 Å². The lowest BCUT2D eigenvalue weighted by Crippen LogP contribution is -2.46. The van der Waals surface area contributed by atoms with E-state index < -0.39 is 18.6 Å². The number of ether oxygens (including phenoxy) is 2. The molecule has 1 heterocycles. The van der Waals surface area contributed by atoms with Crippen LogP contribution in [0.25, 0.3) is 0 Å². The fourth-order valence-electron chi connectivity index (χ4n) is 2.74. The standard InChI is InChI=1S/C15H21F3N2O2/c1-21-11-3-4-12(14(9-11)22-2)13(10-15(16,17)18)20-7-5-19-6-8-20/h3-4,9,13,19H,5-8,10H2,1-2H3/t13-/m1/s1. The summed E-state index contributed by atoms with van der Waals surface area (Å²) in [6.07, 6.45) is -5.13. The first-order valence-electron chi connectivity index (χ1n) is 7.18. The molecule has 1 N–H and O–H groups in total. The number of nitrogens with zero attached hydrogens (tertiary/aromatic N) is 1. The summed E-state index contributed by atoms with van der Waals surface area (Å²) in [4.78, 5) is 1.86. The summed E-state index contributed by atoms with van der Waals surface area (Å²) in [5, 5.41) is 3.16. The van der Waals surface area contributed by atoms with Crippen molar-refractivity contribution in [2.45, 2.75) is 18.6 Å². The molecule has 22 heavy (non-hydrogen) atoms. The van der Waals surface area contributed by atoms with Crippen LogP contribution in [0.15, 0.2) is 18.2 Å². The average molecular weight is 318 g/mol. The van der Waals surface area contributed by atoms with E-state index in [-0.39, 0.29) is 0 Å². The third-order valence-electron chi connectivity index (χ3n) is 3.82. The number of benzene rings is 1. The Morgan fingerprint density at radius 2 is 1.86 bits per heavy atom. The number of alkyl halides is 3. The molecule has 1 aliphatic heterocycles. The summed E-state index contributed by atoms with van der Waals surface area (Å²) in [5.74, 6) is 0.985. The van der Waals surface area contributed by atoms with E-state index in [1.54, 1.807) is 18.2 Å². The second-order valence-electron chi connectivity index (χ2n) is 5.23. The van der Waals surface area contributed by atoms with E-state index in [9.17, 15) is 13.2 Å². The van der Waals surface area contributed by atoms with Gasteiger partial charge in [-0.25, -0.2) is 0 Å². The Balaban J connectivity index is 2.34. The molecule has 1 saturated heterocycles. The highest BCUT2D eigenvalue weighted by molar-refractivity contribution is 5.42. The lowest BCUT2D eigenvalue weighted by atomic mass is 9.99. The van der Waals surface area contributed by atoms with Crippen LogP contribution < -0.4 is 14.8 Å². The molecule has 0 aromatic heterocycles. The molecule has 0 radical (unpaired) electrons. The van der Waals surface area contributed by atoms with Gasteiger partial charge in [-0.1, -0.05) is 6.07 Å². The Hall–Kier alpha value is -1.47. The molecule has 1 aromatic rings. The Morgan fingerprint density at radius 3 is 2.41 bits per heavy atom. The smallest absolute Gasteiger partial charge is 0.390 e. The second kappa shape index (κ2) is 7.19. The summed E-state index contributed by atoms with van der Waals surface area (Å²) >= 11 is 0. The van der Waals surface area contributed by atoms with Gasteiger partial charge in [-0.15, -0.1) is 0 Å². The fraction of sp³-hybridized carbons (Fsp3) is 0.600. The van der Waals surface area contributed by atoms with E-state index in [1.807, 2.05) is 4.90 Å². The van der Waals surface area contributed by atoms with Crippen molar-refractivity contribution >= 4 is 0 Å². The van der Waals surface area contributed by atoms with Crippen LogP contribution in [0.5, 0.6) is 11.5 Å². The summed E-state index contributed by atoms with van der Waals surface area (Å²) in [6.45, 7) is 2.53. The SMILES string of the molecule is COc1ccc([C@@H](CC(F)(F)F)N2CCNCC2)c(OC)c1. The van der Waals surface area contributed by atoms with Crippen molar-refractivity contribution in [1.82, 2.24) is 10.2 Å². The van der Waals surface area contributed by atoms with Crippen LogP contribution in [0.4, 0.5) is 13.2 Å². The molecule has 2 rings (SSSR count). The van der Waals surface area contributed by atoms with Crippen LogP contribution in [0.3, 0.4) is 0 Å². The highest BCUT2D eigenvalue weighted by Gasteiger charge is 2.37. The van der Waals surface area contributed by atoms with Crippen molar-refractivity contribution in [2.24, 2.45) is 0 Å². The van der Waals surface area contributed by atoms with Gasteiger partial charge in [-0.05, 0) is 6.07 Å². The quantitative estimate of drug-likeness (QED) is 0.905. The molecule has 1 aromatic carbocycles. The predicted molar refractivity (Wildman–Crippen MR) is 77.4 cm³/mol. The van der Waals surface area contributed by atoms with Crippen LogP contribution >= 0.6 is 0 Å². The molecule has 0 spiro atoms. The third kappa shape index (κ3) is 4.27. The zero-order valence-electron chi connectivity index (χ0n) is 12.7. The zero-order chi connectivity index (χ0) is 16.2. The third-order valence-corrected chi connectivity index (χ3v) is 3.82. The highest BCUT2D eigenvalue weighted by Crippen LogP contribution is 2.39. The van der Waals surface area contributed by atoms with Crippen molar-refractivity contribution in [3.05, 3.63) is 23.8 Å². The molecule has 0 saturated carbocycles. The summed E-state index contributed by atoms with van der Waals surface area (Å²) in [7, 11) is 2.97. The van der Waals surface area contributed by atoms with Crippen LogP contribution in [-0.4, -0.2) is 51.5 Å². The molecular weight excluding hydrogens is 297 g/mol. The highest BCUT2D eigenvalue weighted by atomic mass is 19.4. The number of rotatable bonds is 5. The van der Waals surface area contributed by atoms with Gasteiger partial charge < -0.3 is 14.8 Å². The van der Waals surface area contributed by atoms with E-state index in [0.717, 1.165) is 0 Å². The largest absolute Gasteiger partial charge is 0.497 e. The molecule has 1 atom stereocenters. The van der Waals surface area contributed by atoms with Crippen LogP contribution in [0.1, 0.15) is 18.0 Å². The van der Waals surface area contributed by atoms with Crippen molar-refractivity contribution in [3.63, 3.8) is 0 Å². The Morgan fingerprint density at radius 1 is 1.18 bits per heavy atom. The molecular formula is C15H21F3N2O2. The van der Waals surface area contributed by atoms with Crippen molar-refractivity contribution in [1.29, 1.82) is 0 Å². The minimum absolute atomic E-state index is 0.423. The van der Waals surface area contributed by atoms with Gasteiger partial charge >= 0.3 is 6.18 Å². The minimum Gasteiger partial charge on any atom is -0.497 e. The molecule has 0 unspecified atom stereocenters. The molecule has 0 aliphatic carbocycles. The fourth-order valence-corrected chi connectivity index (χ4v) is 2.74. The molecule has 124 valence electrons. The molecule has 7 heteroatoms. The zero-order valence-corrected chi connectivity index (χ0v) is 12.7. The van der Waals surface area contributed by atoms with Gasteiger partial charge in [0.05, 0.1) is 20.6 Å². The first kappa shape index (κ1) is 16.9. The number of halogens is 3. The number of methoxy groups -OCH3 is 2. The molecule has 4 nitrogen and oxygen atoms in total. The molecule has 1 aliphatic rings. The number of hydrogen-bond acceptors (Lipinski definition) is 4. The van der Waals surface area contributed by atoms with Crippen molar-refractivity contribution in [3.8, 4) is 11.5 Å². The van der Waals surface area contributed by atoms with Crippen molar-refractivity contribution in [2.75, 3.05) is 40.4 Å². The number of piperazine rings is 1. The number of nitrogens with one attached hydrogen (secondary N) is 1. The maximum absolute atomic E-state index is 13.0. The Bertz CT molecular complexity index is 488. The summed E-state index contributed by atoms with van der Waals surface area (Å²) in [6, 6.07) is 4.21. The first-order valence-corrected chi connectivity index (χ1v) is 7.18. The van der Waals surface area contributed by atoms with Crippen LogP contribution in [0.2, 0.25) is 0 Å². The normalized spacial score (nSPS) is 18.0. The van der Waals surface area contributed by atoms with Gasteiger partial charge in [-0.2, -0.15) is 13.2 Å². The van der Waals surface area contributed by atoms with E-state index >= 15 is 0 Å². The van der Waals surface area contributed by atoms with Gasteiger partial charge in [0, 0.05) is 43.9 Å². The van der Waals surface area contributed by atoms with Crippen LogP contribution in [-0.2, 0) is 0 Å². The molecule has 0 bridgehead atoms. The summed E-state index contributed by atoms with van der Waals surface area (Å²) < 4.78 is 49.5. The van der Waals surface area contributed by atoms with Crippen LogP contribution in [0, 0.1) is 0 Å². The Labute approximate surface area is 128 Å². The van der Waals surface area contributed by atoms with E-state index in [2.05, 4.69) is 5.32 Å². The van der Waals surface area contributed by atoms with Gasteiger partial charge in [0.25, 0.3) is 0 Å². The average Bonchev–Trinajstić information content (AvgIpc) is 2.52. The monoisotopic (exact) mass is 318 g/mol. The van der Waals surface area contributed by atoms with Gasteiger partial charge in [0.1, 0.15) is 11.5 Å². The first-order chi connectivity index (χ1) is 10.4. The van der Waals surface area contributed by atoms with E-state index in [4.69, 9.17) is 9.47 Å². The molecule has 1 fully saturated rings. The summed E-state index contributed by atoms with van der Waals surface area (Å²) in [5.41, 5.74) is 0.544. The maximum Gasteiger partial charge on any atom is 0.390 e. The van der Waals surface area contributed by atoms with E-state index in [1.165, 1.54) is 14.2 Å². The molecule has 0 amide bonds. The predicted octanol–water partition coefficient (Wildman–Crippen LogP) is 2.60. The van der Waals surface area contributed by atoms with Gasteiger partial charge in [0.15, 0.2) is 0 Å². The lowest BCUT2D eigenvalue weighted by molar-refractivity contribution is -0.148. The minimum atomic E-state index is -4.24. The lowest BCUT2D eigenvalue weighted by Gasteiger charge is -2.36. The maximum atomic E-state index is 13.0. The van der Waals surface area contributed by atoms with Gasteiger partial charge in [-0.3, -0.25) is 4.90 Å². The number of hydrogen-bond donors (Lipinski definition) is 1. The van der Waals surface area contributed by atoms with Gasteiger partial charge in [0.2, 0.25) is 0 Å². The topological polar surface area (TPSA) is 33.7 Å².